The van der Waals surface area contributed by atoms with Gasteiger partial charge < -0.3 is 15.4 Å². The van der Waals surface area contributed by atoms with Gasteiger partial charge >= 0.3 is 0 Å². The van der Waals surface area contributed by atoms with E-state index in [2.05, 4.69) is 26.2 Å². The number of nitrogens with one attached hydrogen (secondary N) is 2. The highest BCUT2D eigenvalue weighted by Crippen LogP contribution is 2.10. The van der Waals surface area contributed by atoms with Crippen LogP contribution in [-0.4, -0.2) is 28.6 Å². The van der Waals surface area contributed by atoms with Crippen molar-refractivity contribution in [3.8, 4) is 0 Å². The van der Waals surface area contributed by atoms with Crippen molar-refractivity contribution in [2.24, 2.45) is 0 Å². The third-order valence-corrected chi connectivity index (χ3v) is 2.40. The predicted octanol–water partition coefficient (Wildman–Crippen LogP) is 1.28. The summed E-state index contributed by atoms with van der Waals surface area (Å²) in [7, 11) is 0. The average Bonchev–Trinajstić information content (AvgIpc) is 2.61. The first-order chi connectivity index (χ1) is 6.67. The third-order valence-electron chi connectivity index (χ3n) is 1.94. The van der Waals surface area contributed by atoms with Crippen molar-refractivity contribution in [1.82, 2.24) is 10.3 Å². The van der Waals surface area contributed by atoms with Crippen molar-refractivity contribution < 1.29 is 9.90 Å². The maximum atomic E-state index is 11.5. The molecule has 0 bridgehead atoms. The molecule has 0 spiro atoms. The SMILES string of the molecule is CCC(CO)NC(=O)c1cc(Br)c[nH]1. The molecule has 0 aromatic carbocycles. The van der Waals surface area contributed by atoms with Gasteiger partial charge in [-0.3, -0.25) is 4.79 Å². The van der Waals surface area contributed by atoms with Crippen LogP contribution in [0.25, 0.3) is 0 Å². The Bertz CT molecular complexity index is 308. The van der Waals surface area contributed by atoms with E-state index in [0.29, 0.717) is 12.1 Å². The molecule has 78 valence electrons. The molecule has 1 amide bonds. The maximum absolute atomic E-state index is 11.5. The van der Waals surface area contributed by atoms with Gasteiger partial charge in [-0.1, -0.05) is 6.92 Å². The molecule has 1 aromatic rings. The van der Waals surface area contributed by atoms with E-state index in [1.807, 2.05) is 6.92 Å². The fourth-order valence-electron chi connectivity index (χ4n) is 1.04. The number of hydrogen-bond donors (Lipinski definition) is 3. The number of aromatic amines is 1. The molecule has 14 heavy (non-hydrogen) atoms. The molecule has 3 N–H and O–H groups in total. The predicted molar refractivity (Wildman–Crippen MR) is 57.1 cm³/mol. The van der Waals surface area contributed by atoms with Gasteiger partial charge in [-0.15, -0.1) is 0 Å². The van der Waals surface area contributed by atoms with Crippen molar-refractivity contribution in [2.45, 2.75) is 19.4 Å². The van der Waals surface area contributed by atoms with E-state index >= 15 is 0 Å². The van der Waals surface area contributed by atoms with Crippen LogP contribution in [0.5, 0.6) is 0 Å². The first-order valence-corrected chi connectivity index (χ1v) is 5.22. The van der Waals surface area contributed by atoms with Gasteiger partial charge in [-0.25, -0.2) is 0 Å². The second-order valence-corrected chi connectivity index (χ2v) is 3.91. The van der Waals surface area contributed by atoms with Crippen LogP contribution in [0.3, 0.4) is 0 Å². The minimum atomic E-state index is -0.198. The summed E-state index contributed by atoms with van der Waals surface area (Å²) in [6, 6.07) is 1.52. The summed E-state index contributed by atoms with van der Waals surface area (Å²) < 4.78 is 0.833. The third kappa shape index (κ3) is 2.85. The largest absolute Gasteiger partial charge is 0.394 e. The summed E-state index contributed by atoms with van der Waals surface area (Å²) in [6.45, 7) is 1.87. The monoisotopic (exact) mass is 260 g/mol. The minimum Gasteiger partial charge on any atom is -0.394 e. The van der Waals surface area contributed by atoms with Gasteiger partial charge in [0.1, 0.15) is 5.69 Å². The summed E-state index contributed by atoms with van der Waals surface area (Å²) in [5.74, 6) is -0.198. The zero-order valence-electron chi connectivity index (χ0n) is 7.88. The summed E-state index contributed by atoms with van der Waals surface area (Å²) in [5, 5.41) is 11.6. The summed E-state index contributed by atoms with van der Waals surface area (Å²) in [5.41, 5.74) is 0.490. The van der Waals surface area contributed by atoms with Gasteiger partial charge in [0.2, 0.25) is 0 Å². The lowest BCUT2D eigenvalue weighted by atomic mass is 10.2. The van der Waals surface area contributed by atoms with Gasteiger partial charge in [-0.2, -0.15) is 0 Å². The number of carbonyl (C=O) groups is 1. The molecule has 1 rings (SSSR count). The average molecular weight is 261 g/mol. The molecule has 0 aliphatic heterocycles. The molecule has 1 unspecified atom stereocenters. The summed E-state index contributed by atoms with van der Waals surface area (Å²) in [4.78, 5) is 14.3. The molecular weight excluding hydrogens is 248 g/mol. The van der Waals surface area contributed by atoms with Crippen molar-refractivity contribution in [3.05, 3.63) is 22.4 Å². The Hall–Kier alpha value is -0.810. The Morgan fingerprint density at radius 2 is 2.50 bits per heavy atom. The van der Waals surface area contributed by atoms with Gasteiger partial charge in [0.25, 0.3) is 5.91 Å². The zero-order valence-corrected chi connectivity index (χ0v) is 9.47. The van der Waals surface area contributed by atoms with Crippen molar-refractivity contribution in [1.29, 1.82) is 0 Å². The molecule has 0 aliphatic carbocycles. The lowest BCUT2D eigenvalue weighted by Gasteiger charge is -2.12. The number of aliphatic hydroxyl groups is 1. The van der Waals surface area contributed by atoms with Crippen LogP contribution >= 0.6 is 15.9 Å². The Morgan fingerprint density at radius 3 is 2.93 bits per heavy atom. The molecule has 0 saturated carbocycles. The first-order valence-electron chi connectivity index (χ1n) is 4.43. The number of amides is 1. The lowest BCUT2D eigenvalue weighted by molar-refractivity contribution is 0.0910. The molecule has 0 fully saturated rings. The maximum Gasteiger partial charge on any atom is 0.268 e. The summed E-state index contributed by atoms with van der Waals surface area (Å²) in [6.07, 6.45) is 2.40. The van der Waals surface area contributed by atoms with Crippen LogP contribution in [0.2, 0.25) is 0 Å². The van der Waals surface area contributed by atoms with Gasteiger partial charge in [0, 0.05) is 10.7 Å². The van der Waals surface area contributed by atoms with Crippen LogP contribution < -0.4 is 5.32 Å². The van der Waals surface area contributed by atoms with Gasteiger partial charge in [0.05, 0.1) is 12.6 Å². The number of H-pyrrole nitrogens is 1. The molecule has 0 saturated heterocycles. The number of carbonyl (C=O) groups excluding carboxylic acids is 1. The quantitative estimate of drug-likeness (QED) is 0.764. The number of rotatable bonds is 4. The first kappa shape index (κ1) is 11.3. The van der Waals surface area contributed by atoms with Crippen molar-refractivity contribution >= 4 is 21.8 Å². The normalized spacial score (nSPS) is 12.5. The molecule has 0 radical (unpaired) electrons. The highest BCUT2D eigenvalue weighted by Gasteiger charge is 2.12. The second kappa shape index (κ2) is 5.17. The highest BCUT2D eigenvalue weighted by molar-refractivity contribution is 9.10. The molecule has 1 heterocycles. The van der Waals surface area contributed by atoms with Gasteiger partial charge in [-0.05, 0) is 28.4 Å². The topological polar surface area (TPSA) is 65.1 Å². The smallest absolute Gasteiger partial charge is 0.268 e. The van der Waals surface area contributed by atoms with E-state index < -0.39 is 0 Å². The zero-order chi connectivity index (χ0) is 10.6. The van der Waals surface area contributed by atoms with E-state index in [-0.39, 0.29) is 18.6 Å². The number of aromatic nitrogens is 1. The van der Waals surface area contributed by atoms with Crippen LogP contribution in [0.4, 0.5) is 0 Å². The number of halogens is 1. The Labute approximate surface area is 90.8 Å². The fraction of sp³-hybridized carbons (Fsp3) is 0.444. The van der Waals surface area contributed by atoms with Crippen molar-refractivity contribution in [3.63, 3.8) is 0 Å². The summed E-state index contributed by atoms with van der Waals surface area (Å²) >= 11 is 3.24. The molecular formula is C9H13BrN2O2. The molecule has 4 nitrogen and oxygen atoms in total. The van der Waals surface area contributed by atoms with Crippen molar-refractivity contribution in [2.75, 3.05) is 6.61 Å². The lowest BCUT2D eigenvalue weighted by Crippen LogP contribution is -2.37. The van der Waals surface area contributed by atoms with Crippen LogP contribution in [0, 0.1) is 0 Å². The van der Waals surface area contributed by atoms with E-state index in [0.717, 1.165) is 4.47 Å². The Balaban J connectivity index is 2.58. The highest BCUT2D eigenvalue weighted by atomic mass is 79.9. The molecule has 1 atom stereocenters. The van der Waals surface area contributed by atoms with Crippen LogP contribution in [0.1, 0.15) is 23.8 Å². The standard InChI is InChI=1S/C9H13BrN2O2/c1-2-7(5-13)12-9(14)8-3-6(10)4-11-8/h3-4,7,11,13H,2,5H2,1H3,(H,12,14). The van der Waals surface area contributed by atoms with E-state index in [1.165, 1.54) is 0 Å². The van der Waals surface area contributed by atoms with E-state index in [4.69, 9.17) is 5.11 Å². The molecule has 1 aromatic heterocycles. The minimum absolute atomic E-state index is 0.0376. The Kier molecular flexibility index (Phi) is 4.16. The van der Waals surface area contributed by atoms with E-state index in [9.17, 15) is 4.79 Å². The van der Waals surface area contributed by atoms with Crippen LogP contribution in [0.15, 0.2) is 16.7 Å². The van der Waals surface area contributed by atoms with E-state index in [1.54, 1.807) is 12.3 Å². The number of aliphatic hydroxyl groups excluding tert-OH is 1. The number of hydrogen-bond acceptors (Lipinski definition) is 2. The van der Waals surface area contributed by atoms with Crippen LogP contribution in [-0.2, 0) is 0 Å². The molecule has 0 aliphatic rings. The Morgan fingerprint density at radius 1 is 1.79 bits per heavy atom. The fourth-order valence-corrected chi connectivity index (χ4v) is 1.38. The second-order valence-electron chi connectivity index (χ2n) is 2.99. The molecule has 5 heteroatoms. The van der Waals surface area contributed by atoms with Gasteiger partial charge in [0.15, 0.2) is 0 Å².